The van der Waals surface area contributed by atoms with Crippen molar-refractivity contribution in [2.24, 2.45) is 0 Å². The topological polar surface area (TPSA) is 33.1 Å². The van der Waals surface area contributed by atoms with Crippen LogP contribution < -0.4 is 0 Å². The molecule has 56 valence electrons. The molecule has 11 heavy (non-hydrogen) atoms. The van der Waals surface area contributed by atoms with Crippen LogP contribution in [0.2, 0.25) is 0 Å². The zero-order valence-electron chi connectivity index (χ0n) is 5.48. The largest absolute Gasteiger partial charge is 0.274 e. The molecule has 0 aliphatic carbocycles. The summed E-state index contributed by atoms with van der Waals surface area (Å²) in [7, 11) is 0. The van der Waals surface area contributed by atoms with Gasteiger partial charge in [-0.15, -0.1) is 12.6 Å². The maximum Gasteiger partial charge on any atom is 0.199 e. The van der Waals surface area contributed by atoms with E-state index in [1.54, 1.807) is 4.40 Å². The molecule has 0 spiro atoms. The van der Waals surface area contributed by atoms with E-state index in [9.17, 15) is 0 Å². The lowest BCUT2D eigenvalue weighted by Gasteiger charge is -1.91. The fraction of sp³-hybridized carbons (Fsp3) is 0. The van der Waals surface area contributed by atoms with Gasteiger partial charge in [-0.25, -0.2) is 0 Å². The molecular weight excluding hydrogens is 178 g/mol. The van der Waals surface area contributed by atoms with Crippen LogP contribution >= 0.6 is 24.8 Å². The van der Waals surface area contributed by atoms with Crippen LogP contribution in [-0.4, -0.2) is 14.6 Å². The van der Waals surface area contributed by atoms with Crippen molar-refractivity contribution < 1.29 is 0 Å². The molecule has 5 heteroatoms. The molecule has 2 heterocycles. The molecule has 0 bridgehead atoms. The number of aromatic amines is 1. The maximum absolute atomic E-state index is 4.96. The maximum atomic E-state index is 4.96. The molecule has 0 radical (unpaired) electrons. The second-order valence-corrected chi connectivity index (χ2v) is 3.05. The summed E-state index contributed by atoms with van der Waals surface area (Å²) < 4.78 is 2.37. The normalized spacial score (nSPS) is 10.6. The lowest BCUT2D eigenvalue weighted by molar-refractivity contribution is 1.06. The fourth-order valence-corrected chi connectivity index (χ4v) is 1.28. The zero-order chi connectivity index (χ0) is 7.84. The van der Waals surface area contributed by atoms with Gasteiger partial charge < -0.3 is 0 Å². The monoisotopic (exact) mass is 183 g/mol. The van der Waals surface area contributed by atoms with Crippen LogP contribution in [0.3, 0.4) is 0 Å². The summed E-state index contributed by atoms with van der Waals surface area (Å²) in [5.41, 5.74) is 0.813. The van der Waals surface area contributed by atoms with Crippen molar-refractivity contribution in [1.82, 2.24) is 14.6 Å². The molecule has 2 aromatic heterocycles. The van der Waals surface area contributed by atoms with Crippen molar-refractivity contribution in [1.29, 1.82) is 0 Å². The zero-order valence-corrected chi connectivity index (χ0v) is 7.19. The smallest absolute Gasteiger partial charge is 0.199 e. The molecule has 0 aliphatic heterocycles. The first-order valence-electron chi connectivity index (χ1n) is 3.03. The van der Waals surface area contributed by atoms with Crippen LogP contribution in [0, 0.1) is 4.77 Å². The van der Waals surface area contributed by atoms with E-state index in [4.69, 9.17) is 12.2 Å². The Morgan fingerprint density at radius 1 is 1.55 bits per heavy atom. The minimum absolute atomic E-state index is 0.593. The minimum Gasteiger partial charge on any atom is -0.274 e. The van der Waals surface area contributed by atoms with E-state index in [-0.39, 0.29) is 0 Å². The number of hydrogen-bond acceptors (Lipinski definition) is 3. The molecular formula is C6H5N3S2. The molecule has 0 fully saturated rings. The van der Waals surface area contributed by atoms with Crippen molar-refractivity contribution in [3.8, 4) is 0 Å². The Balaban J connectivity index is 2.99. The molecule has 0 unspecified atom stereocenters. The Kier molecular flexibility index (Phi) is 1.47. The van der Waals surface area contributed by atoms with Crippen molar-refractivity contribution in [2.45, 2.75) is 4.90 Å². The average Bonchev–Trinajstić information content (AvgIpc) is 2.33. The van der Waals surface area contributed by atoms with Crippen molar-refractivity contribution >= 4 is 30.5 Å². The molecule has 0 aromatic carbocycles. The third kappa shape index (κ3) is 1.06. The number of aromatic nitrogens is 3. The van der Waals surface area contributed by atoms with Crippen LogP contribution in [0.15, 0.2) is 23.2 Å². The van der Waals surface area contributed by atoms with E-state index >= 15 is 0 Å². The highest BCUT2D eigenvalue weighted by molar-refractivity contribution is 7.80. The number of rotatable bonds is 0. The first-order valence-corrected chi connectivity index (χ1v) is 3.89. The SMILES string of the molecule is S=c1[nH]nc2ccc(S)cn12. The Morgan fingerprint density at radius 2 is 2.36 bits per heavy atom. The van der Waals surface area contributed by atoms with Gasteiger partial charge >= 0.3 is 0 Å². The number of fused-ring (bicyclic) bond motifs is 1. The predicted molar refractivity (Wildman–Crippen MR) is 47.6 cm³/mol. The van der Waals surface area contributed by atoms with E-state index in [0.29, 0.717) is 4.77 Å². The third-order valence-electron chi connectivity index (χ3n) is 1.40. The summed E-state index contributed by atoms with van der Waals surface area (Å²) in [6.07, 6.45) is 1.82. The minimum atomic E-state index is 0.593. The first kappa shape index (κ1) is 6.87. The van der Waals surface area contributed by atoms with Crippen molar-refractivity contribution in [2.75, 3.05) is 0 Å². The van der Waals surface area contributed by atoms with Gasteiger partial charge in [-0.1, -0.05) is 0 Å². The van der Waals surface area contributed by atoms with E-state index < -0.39 is 0 Å². The van der Waals surface area contributed by atoms with Gasteiger partial charge in [0, 0.05) is 11.1 Å². The molecule has 0 aliphatic rings. The molecule has 1 N–H and O–H groups in total. The highest BCUT2D eigenvalue weighted by Crippen LogP contribution is 2.07. The third-order valence-corrected chi connectivity index (χ3v) is 1.95. The summed E-state index contributed by atoms with van der Waals surface area (Å²) >= 11 is 9.13. The Morgan fingerprint density at radius 3 is 3.18 bits per heavy atom. The summed E-state index contributed by atoms with van der Waals surface area (Å²) in [6.45, 7) is 0. The molecule has 3 nitrogen and oxygen atoms in total. The van der Waals surface area contributed by atoms with Crippen LogP contribution in [0.1, 0.15) is 0 Å². The van der Waals surface area contributed by atoms with Gasteiger partial charge in [-0.3, -0.25) is 9.50 Å². The second kappa shape index (κ2) is 2.35. The molecule has 0 amide bonds. The van der Waals surface area contributed by atoms with E-state index in [0.717, 1.165) is 10.5 Å². The number of pyridine rings is 1. The molecule has 0 atom stereocenters. The Bertz CT molecular complexity index is 442. The van der Waals surface area contributed by atoms with Gasteiger partial charge in [0.05, 0.1) is 0 Å². The molecule has 2 rings (SSSR count). The van der Waals surface area contributed by atoms with Crippen LogP contribution in [0.5, 0.6) is 0 Å². The van der Waals surface area contributed by atoms with Gasteiger partial charge in [0.15, 0.2) is 10.4 Å². The predicted octanol–water partition coefficient (Wildman–Crippen LogP) is 1.68. The second-order valence-electron chi connectivity index (χ2n) is 2.14. The Labute approximate surface area is 73.5 Å². The van der Waals surface area contributed by atoms with E-state index in [2.05, 4.69) is 22.8 Å². The standard InChI is InChI=1S/C6H5N3S2/c10-4-1-2-5-7-8-6(11)9(5)3-4/h1-3,10H,(H,8,11). The lowest BCUT2D eigenvalue weighted by atomic mass is 10.5. The highest BCUT2D eigenvalue weighted by atomic mass is 32.1. The average molecular weight is 183 g/mol. The lowest BCUT2D eigenvalue weighted by Crippen LogP contribution is -1.82. The van der Waals surface area contributed by atoms with Crippen molar-refractivity contribution in [3.05, 3.63) is 23.1 Å². The van der Waals surface area contributed by atoms with Gasteiger partial charge in [0.25, 0.3) is 0 Å². The highest BCUT2D eigenvalue weighted by Gasteiger charge is 1.94. The molecule has 0 saturated carbocycles. The number of nitrogens with one attached hydrogen (secondary N) is 1. The summed E-state index contributed by atoms with van der Waals surface area (Å²) in [4.78, 5) is 0.870. The Hall–Kier alpha value is -0.810. The summed E-state index contributed by atoms with van der Waals surface area (Å²) in [5, 5.41) is 6.66. The van der Waals surface area contributed by atoms with E-state index in [1.807, 2.05) is 18.3 Å². The van der Waals surface area contributed by atoms with Crippen LogP contribution in [0.4, 0.5) is 0 Å². The first-order chi connectivity index (χ1) is 5.27. The number of H-pyrrole nitrogens is 1. The number of thiol groups is 1. The fourth-order valence-electron chi connectivity index (χ4n) is 0.894. The quantitative estimate of drug-likeness (QED) is 0.481. The summed E-state index contributed by atoms with van der Waals surface area (Å²) in [5.74, 6) is 0. The van der Waals surface area contributed by atoms with Crippen LogP contribution in [-0.2, 0) is 0 Å². The van der Waals surface area contributed by atoms with Crippen LogP contribution in [0.25, 0.3) is 5.65 Å². The van der Waals surface area contributed by atoms with E-state index in [1.165, 1.54) is 0 Å². The van der Waals surface area contributed by atoms with Gasteiger partial charge in [0.2, 0.25) is 0 Å². The van der Waals surface area contributed by atoms with Crippen molar-refractivity contribution in [3.63, 3.8) is 0 Å². The molecule has 0 saturated heterocycles. The summed E-state index contributed by atoms with van der Waals surface area (Å²) in [6, 6.07) is 3.72. The number of hydrogen-bond donors (Lipinski definition) is 2. The molecule has 2 aromatic rings. The van der Waals surface area contributed by atoms with Gasteiger partial charge in [0.1, 0.15) is 0 Å². The van der Waals surface area contributed by atoms with Gasteiger partial charge in [-0.2, -0.15) is 5.10 Å². The number of nitrogens with zero attached hydrogens (tertiary/aromatic N) is 2. The van der Waals surface area contributed by atoms with Gasteiger partial charge in [-0.05, 0) is 24.4 Å².